The van der Waals surface area contributed by atoms with E-state index >= 15 is 0 Å². The average Bonchev–Trinajstić information content (AvgIpc) is 3.81. The molecule has 7 aromatic rings. The first-order valence-electron chi connectivity index (χ1n) is 18.5. The molecule has 3 aliphatic rings. The zero-order chi connectivity index (χ0) is 36.0. The van der Waals surface area contributed by atoms with Gasteiger partial charge in [-0.1, -0.05) is 109 Å². The first-order chi connectivity index (χ1) is 26.0. The summed E-state index contributed by atoms with van der Waals surface area (Å²) in [5, 5.41) is 6.48. The molecule has 0 spiro atoms. The Morgan fingerprint density at radius 1 is 0.585 bits per heavy atom. The number of allylic oxidation sites excluding steroid dienone is 2. The number of hydrogen-bond acceptors (Lipinski definition) is 4. The lowest BCUT2D eigenvalue weighted by Crippen LogP contribution is -2.45. The van der Waals surface area contributed by atoms with Crippen LogP contribution in [-0.4, -0.2) is 29.2 Å². The van der Waals surface area contributed by atoms with E-state index in [0.29, 0.717) is 31.0 Å². The highest BCUT2D eigenvalue weighted by Gasteiger charge is 2.39. The van der Waals surface area contributed by atoms with E-state index in [4.69, 9.17) is 0 Å². The van der Waals surface area contributed by atoms with Crippen LogP contribution < -0.4 is 20.4 Å². The van der Waals surface area contributed by atoms with Gasteiger partial charge in [0.2, 0.25) is 11.6 Å². The fourth-order valence-corrected chi connectivity index (χ4v) is 9.25. The summed E-state index contributed by atoms with van der Waals surface area (Å²) >= 11 is 0. The largest absolute Gasteiger partial charge is 0.338 e. The Morgan fingerprint density at radius 3 is 1.92 bits per heavy atom. The van der Waals surface area contributed by atoms with Gasteiger partial charge >= 0.3 is 0 Å². The molecular weight excluding hydrogens is 651 g/mol. The van der Waals surface area contributed by atoms with Crippen LogP contribution in [0.25, 0.3) is 49.6 Å². The Hall–Kier alpha value is -6.46. The number of carbonyl (C=O) groups is 2. The molecule has 256 valence electrons. The van der Waals surface area contributed by atoms with Crippen LogP contribution >= 0.6 is 0 Å². The maximum Gasteiger partial charge on any atom is 0.213 e. The number of para-hydroxylation sites is 2. The third-order valence-corrected chi connectivity index (χ3v) is 11.5. The Balaban J connectivity index is 1.46. The Bertz CT molecular complexity index is 2900. The topological polar surface area (TPSA) is 45.6 Å². The average molecular weight is 688 g/mol. The van der Waals surface area contributed by atoms with Gasteiger partial charge in [-0.15, -0.1) is 0 Å². The van der Waals surface area contributed by atoms with Crippen LogP contribution in [0, 0.1) is 0 Å². The second kappa shape index (κ2) is 11.8. The molecule has 3 aliphatic heterocycles. The van der Waals surface area contributed by atoms with Crippen molar-refractivity contribution in [1.29, 1.82) is 0 Å². The molecule has 5 heteroatoms. The van der Waals surface area contributed by atoms with E-state index in [0.717, 1.165) is 88.1 Å². The van der Waals surface area contributed by atoms with Crippen molar-refractivity contribution in [3.8, 4) is 11.3 Å². The van der Waals surface area contributed by atoms with Gasteiger partial charge in [-0.05, 0) is 83.3 Å². The zero-order valence-electron chi connectivity index (χ0n) is 30.0. The molecule has 1 aromatic heterocycles. The molecule has 0 bridgehead atoms. The van der Waals surface area contributed by atoms with Crippen molar-refractivity contribution in [3.05, 3.63) is 172 Å². The van der Waals surface area contributed by atoms with Gasteiger partial charge in [0, 0.05) is 47.1 Å². The predicted octanol–water partition coefficient (Wildman–Crippen LogP) is 8.96. The normalized spacial score (nSPS) is 16.2. The lowest BCUT2D eigenvalue weighted by atomic mass is 9.91. The summed E-state index contributed by atoms with van der Waals surface area (Å²) in [6.07, 6.45) is 0. The molecule has 0 fully saturated rings. The second-order valence-corrected chi connectivity index (χ2v) is 14.2. The molecular formula is C48H37N3O2. The lowest BCUT2D eigenvalue weighted by Gasteiger charge is -2.27. The third-order valence-electron chi connectivity index (χ3n) is 11.5. The molecule has 6 aromatic carbocycles. The zero-order valence-corrected chi connectivity index (χ0v) is 30.0. The SMILES string of the molecule is CCN1/C(=C(\C)c2c(-c3cccc4ccccc34)n3c(/c2=C(/C)c2cccc4ccccc24)=C2C(=O)c4ccccc4N2CC3)C(=O)c2ccccc21. The van der Waals surface area contributed by atoms with E-state index < -0.39 is 0 Å². The monoisotopic (exact) mass is 687 g/mol. The maximum atomic E-state index is 14.7. The van der Waals surface area contributed by atoms with Gasteiger partial charge in [-0.25, -0.2) is 0 Å². The second-order valence-electron chi connectivity index (χ2n) is 14.2. The van der Waals surface area contributed by atoms with Gasteiger partial charge < -0.3 is 14.4 Å². The van der Waals surface area contributed by atoms with E-state index in [2.05, 4.69) is 126 Å². The van der Waals surface area contributed by atoms with Crippen molar-refractivity contribution in [3.63, 3.8) is 0 Å². The van der Waals surface area contributed by atoms with Crippen LogP contribution in [0.2, 0.25) is 0 Å². The minimum absolute atomic E-state index is 0.0281. The highest BCUT2D eigenvalue weighted by atomic mass is 16.1. The number of nitrogens with zero attached hydrogens (tertiary/aromatic N) is 3. The minimum atomic E-state index is 0.0281. The summed E-state index contributed by atoms with van der Waals surface area (Å²) in [7, 11) is 0. The van der Waals surface area contributed by atoms with Crippen molar-refractivity contribution in [2.24, 2.45) is 0 Å². The molecule has 0 unspecified atom stereocenters. The summed E-state index contributed by atoms with van der Waals surface area (Å²) in [5.41, 5.74) is 10.9. The fraction of sp³-hybridized carbons (Fsp3) is 0.125. The molecule has 0 N–H and O–H groups in total. The number of rotatable bonds is 4. The van der Waals surface area contributed by atoms with E-state index in [1.54, 1.807) is 0 Å². The van der Waals surface area contributed by atoms with Crippen molar-refractivity contribution in [1.82, 2.24) is 4.57 Å². The van der Waals surface area contributed by atoms with E-state index in [1.807, 2.05) is 42.5 Å². The van der Waals surface area contributed by atoms with Crippen LogP contribution in [0.4, 0.5) is 11.4 Å². The quantitative estimate of drug-likeness (QED) is 0.173. The van der Waals surface area contributed by atoms with Crippen LogP contribution in [0.3, 0.4) is 0 Å². The molecule has 10 rings (SSSR count). The first-order valence-corrected chi connectivity index (χ1v) is 18.5. The molecule has 0 aliphatic carbocycles. The molecule has 5 nitrogen and oxygen atoms in total. The van der Waals surface area contributed by atoms with E-state index in [1.165, 1.54) is 0 Å². The van der Waals surface area contributed by atoms with Gasteiger partial charge in [-0.3, -0.25) is 9.59 Å². The summed E-state index contributed by atoms with van der Waals surface area (Å²) in [6, 6.07) is 45.9. The number of anilines is 2. The highest BCUT2D eigenvalue weighted by molar-refractivity contribution is 6.34. The van der Waals surface area contributed by atoms with Gasteiger partial charge in [0.1, 0.15) is 5.70 Å². The Kier molecular flexibility index (Phi) is 6.96. The van der Waals surface area contributed by atoms with Gasteiger partial charge in [0.25, 0.3) is 0 Å². The fourth-order valence-electron chi connectivity index (χ4n) is 9.25. The van der Waals surface area contributed by atoms with Crippen molar-refractivity contribution in [2.75, 3.05) is 22.9 Å². The molecule has 0 atom stereocenters. The smallest absolute Gasteiger partial charge is 0.213 e. The molecule has 0 radical (unpaired) electrons. The molecule has 53 heavy (non-hydrogen) atoms. The number of benzene rings is 6. The van der Waals surface area contributed by atoms with Crippen molar-refractivity contribution in [2.45, 2.75) is 27.3 Å². The first kappa shape index (κ1) is 31.3. The number of aromatic nitrogens is 1. The van der Waals surface area contributed by atoms with Crippen LogP contribution in [-0.2, 0) is 6.54 Å². The molecule has 0 saturated heterocycles. The number of carbonyl (C=O) groups excluding carboxylic acids is 2. The van der Waals surface area contributed by atoms with Gasteiger partial charge in [0.05, 0.1) is 28.1 Å². The van der Waals surface area contributed by atoms with Crippen LogP contribution in [0.1, 0.15) is 52.6 Å². The summed E-state index contributed by atoms with van der Waals surface area (Å²) < 4.78 is 2.39. The van der Waals surface area contributed by atoms with Gasteiger partial charge in [-0.2, -0.15) is 0 Å². The van der Waals surface area contributed by atoms with E-state index in [9.17, 15) is 9.59 Å². The number of likely N-dealkylation sites (N-methyl/N-ethyl adjacent to an activating group) is 1. The number of Topliss-reactive ketones (excluding diaryl/α,β-unsaturated/α-hetero) is 2. The number of fused-ring (bicyclic) bond motifs is 7. The van der Waals surface area contributed by atoms with Gasteiger partial charge in [0.15, 0.2) is 0 Å². The van der Waals surface area contributed by atoms with Crippen LogP contribution in [0.15, 0.2) is 139 Å². The third kappa shape index (κ3) is 4.37. The molecule has 0 saturated carbocycles. The van der Waals surface area contributed by atoms with Crippen molar-refractivity contribution >= 4 is 61.3 Å². The Morgan fingerprint density at radius 2 is 1.17 bits per heavy atom. The predicted molar refractivity (Wildman–Crippen MR) is 217 cm³/mol. The lowest BCUT2D eigenvalue weighted by molar-refractivity contribution is 0.103. The minimum Gasteiger partial charge on any atom is -0.338 e. The van der Waals surface area contributed by atoms with Crippen molar-refractivity contribution < 1.29 is 9.59 Å². The molecule has 0 amide bonds. The highest BCUT2D eigenvalue weighted by Crippen LogP contribution is 2.42. The maximum absolute atomic E-state index is 14.7. The standard InChI is InChI=1S/C48H37N3O2/c1-4-49-39-25-11-9-21-37(39)47(52)43(49)30(3)42-41(29(2)33-23-13-17-31-15-5-7-19-34(31)33)45-46-48(53)38-22-10-12-26-40(38)50(46)27-28-51(45)44(42)36-24-14-18-32-16-6-8-20-35(32)36/h5-26H,4,27-28H2,1-3H3/b41-29-,43-30+. The summed E-state index contributed by atoms with van der Waals surface area (Å²) in [4.78, 5) is 33.7. The molecule has 4 heterocycles. The summed E-state index contributed by atoms with van der Waals surface area (Å²) in [5.74, 6) is 0.0623. The van der Waals surface area contributed by atoms with Crippen LogP contribution in [0.5, 0.6) is 0 Å². The number of hydrogen-bond donors (Lipinski definition) is 0. The van der Waals surface area contributed by atoms with E-state index in [-0.39, 0.29) is 11.6 Å². The number of ketones is 2. The summed E-state index contributed by atoms with van der Waals surface area (Å²) in [6.45, 7) is 8.39. The Labute approximate surface area is 308 Å².